The van der Waals surface area contributed by atoms with Gasteiger partial charge in [-0.25, -0.2) is 8.42 Å². The Morgan fingerprint density at radius 3 is 2.16 bits per heavy atom. The average molecular weight is 576 g/mol. The molecule has 0 unspecified atom stereocenters. The van der Waals surface area contributed by atoms with Crippen LogP contribution in [0.25, 0.3) is 0 Å². The third kappa shape index (κ3) is 7.21. The van der Waals surface area contributed by atoms with Gasteiger partial charge in [0.1, 0.15) is 0 Å². The van der Waals surface area contributed by atoms with Crippen LogP contribution < -0.4 is 10.6 Å². The fourth-order valence-corrected chi connectivity index (χ4v) is 4.22. The minimum Gasteiger partial charge on any atom is -0.354 e. The molecule has 0 bridgehead atoms. The van der Waals surface area contributed by atoms with Crippen molar-refractivity contribution in [3.63, 3.8) is 0 Å². The summed E-state index contributed by atoms with van der Waals surface area (Å²) < 4.78 is 61.5. The van der Waals surface area contributed by atoms with E-state index in [2.05, 4.69) is 60.7 Å². The lowest BCUT2D eigenvalue weighted by Gasteiger charge is -2.32. The monoisotopic (exact) mass is 576 g/mol. The Bertz CT molecular complexity index is 835. The maximum atomic E-state index is 12.7. The van der Waals surface area contributed by atoms with Gasteiger partial charge in [0.2, 0.25) is 0 Å². The van der Waals surface area contributed by atoms with Crippen molar-refractivity contribution in [2.75, 3.05) is 20.1 Å². The predicted octanol–water partition coefficient (Wildman–Crippen LogP) is 3.97. The summed E-state index contributed by atoms with van der Waals surface area (Å²) in [5, 5.41) is 6.37. The van der Waals surface area contributed by atoms with Crippen LogP contribution in [0.3, 0.4) is 0 Å². The van der Waals surface area contributed by atoms with E-state index in [-0.39, 0.29) is 61.4 Å². The normalized spacial score (nSPS) is 17.2. The van der Waals surface area contributed by atoms with Gasteiger partial charge >= 0.3 is 15.5 Å². The second kappa shape index (κ2) is 11.2. The zero-order valence-corrected chi connectivity index (χ0v) is 21.4. The van der Waals surface area contributed by atoms with Crippen LogP contribution in [-0.4, -0.2) is 50.4 Å². The zero-order chi connectivity index (χ0) is 22.6. The van der Waals surface area contributed by atoms with Crippen LogP contribution in [0.1, 0.15) is 51.2 Å². The summed E-state index contributed by atoms with van der Waals surface area (Å²) in [4.78, 5) is 4.16. The van der Waals surface area contributed by atoms with Crippen molar-refractivity contribution in [2.24, 2.45) is 4.99 Å². The molecule has 0 atom stereocenters. The van der Waals surface area contributed by atoms with Gasteiger partial charge in [-0.05, 0) is 35.8 Å². The fourth-order valence-electron chi connectivity index (χ4n) is 3.24. The summed E-state index contributed by atoms with van der Waals surface area (Å²) in [6.07, 6.45) is 1.60. The highest BCUT2D eigenvalue weighted by Crippen LogP contribution is 2.29. The molecule has 2 N–H and O–H groups in total. The van der Waals surface area contributed by atoms with E-state index in [1.165, 1.54) is 5.56 Å². The number of halogens is 4. The van der Waals surface area contributed by atoms with Crippen molar-refractivity contribution in [1.29, 1.82) is 0 Å². The molecule has 1 saturated heterocycles. The van der Waals surface area contributed by atoms with Gasteiger partial charge in [-0.15, -0.1) is 24.0 Å². The van der Waals surface area contributed by atoms with Crippen molar-refractivity contribution in [1.82, 2.24) is 14.9 Å². The number of hydrogen-bond donors (Lipinski definition) is 2. The molecule has 0 amide bonds. The first-order chi connectivity index (χ1) is 13.9. The van der Waals surface area contributed by atoms with E-state index in [1.807, 2.05) is 0 Å². The molecule has 0 spiro atoms. The van der Waals surface area contributed by atoms with E-state index < -0.39 is 15.5 Å². The molecule has 11 heteroatoms. The van der Waals surface area contributed by atoms with E-state index in [0.29, 0.717) is 16.8 Å². The summed E-state index contributed by atoms with van der Waals surface area (Å²) in [5.41, 5.74) is -2.78. The highest BCUT2D eigenvalue weighted by atomic mass is 127. The van der Waals surface area contributed by atoms with Gasteiger partial charge in [-0.3, -0.25) is 4.99 Å². The highest BCUT2D eigenvalue weighted by Gasteiger charge is 2.50. The lowest BCUT2D eigenvalue weighted by atomic mass is 9.82. The molecule has 1 aliphatic rings. The van der Waals surface area contributed by atoms with Gasteiger partial charge < -0.3 is 10.6 Å². The number of aliphatic imine (C=N–C) groups is 1. The number of guanidine groups is 1. The smallest absolute Gasteiger partial charge is 0.354 e. The van der Waals surface area contributed by atoms with E-state index in [1.54, 1.807) is 7.05 Å². The molecule has 0 radical (unpaired) electrons. The number of rotatable bonds is 6. The maximum absolute atomic E-state index is 12.7. The first-order valence-corrected chi connectivity index (χ1v) is 11.5. The number of piperidine rings is 1. The van der Waals surface area contributed by atoms with Gasteiger partial charge in [0, 0.05) is 32.7 Å². The molecule has 0 saturated carbocycles. The number of nitrogens with zero attached hydrogens (tertiary/aromatic N) is 2. The van der Waals surface area contributed by atoms with Crippen molar-refractivity contribution >= 4 is 40.0 Å². The van der Waals surface area contributed by atoms with Gasteiger partial charge in [-0.2, -0.15) is 17.5 Å². The lowest BCUT2D eigenvalue weighted by Crippen LogP contribution is -2.51. The quantitative estimate of drug-likeness (QED) is 0.306. The van der Waals surface area contributed by atoms with Crippen LogP contribution in [0.4, 0.5) is 13.2 Å². The lowest BCUT2D eigenvalue weighted by molar-refractivity contribution is -0.0494. The molecule has 1 fully saturated rings. The van der Waals surface area contributed by atoms with Crippen LogP contribution in [0.2, 0.25) is 0 Å². The van der Waals surface area contributed by atoms with Gasteiger partial charge in [-0.1, -0.05) is 45.0 Å². The number of benzene rings is 1. The Balaban J connectivity index is 0.00000480. The molecule has 1 heterocycles. The summed E-state index contributed by atoms with van der Waals surface area (Å²) in [5.74, 6) is 0.532. The molecule has 2 rings (SSSR count). The summed E-state index contributed by atoms with van der Waals surface area (Å²) >= 11 is 0. The number of sulfonamides is 1. The summed E-state index contributed by atoms with van der Waals surface area (Å²) in [6, 6.07) is 8.21. The summed E-state index contributed by atoms with van der Waals surface area (Å²) in [6.45, 7) is 6.77. The standard InChI is InChI=1S/C20H31F3N4O2S.HI/c1-5-19(2,3)16-8-6-15(7-9-16)14-25-18(24-4)26-17-10-12-27(13-11-17)30(28,29)20(21,22)23;/h6-9,17H,5,10-14H2,1-4H3,(H2,24,25,26);1H. The van der Waals surface area contributed by atoms with Crippen LogP contribution >= 0.6 is 24.0 Å². The molecule has 1 aromatic rings. The van der Waals surface area contributed by atoms with Gasteiger partial charge in [0.05, 0.1) is 0 Å². The van der Waals surface area contributed by atoms with E-state index in [0.717, 1.165) is 12.0 Å². The molecular formula is C20H32F3IN4O2S. The number of nitrogens with one attached hydrogen (secondary N) is 2. The van der Waals surface area contributed by atoms with Crippen molar-refractivity contribution < 1.29 is 21.6 Å². The SMILES string of the molecule is CCC(C)(C)c1ccc(CNC(=NC)NC2CCN(S(=O)(=O)C(F)(F)F)CC2)cc1.I. The minimum atomic E-state index is -5.26. The Morgan fingerprint density at radius 2 is 1.71 bits per heavy atom. The predicted molar refractivity (Wildman–Crippen MR) is 128 cm³/mol. The molecule has 0 aliphatic carbocycles. The minimum absolute atomic E-state index is 0. The largest absolute Gasteiger partial charge is 0.511 e. The molecule has 1 aliphatic heterocycles. The molecule has 178 valence electrons. The Labute approximate surface area is 200 Å². The first kappa shape index (κ1) is 28.0. The molecule has 0 aromatic heterocycles. The van der Waals surface area contributed by atoms with Crippen LogP contribution in [0, 0.1) is 0 Å². The van der Waals surface area contributed by atoms with Crippen LogP contribution in [-0.2, 0) is 22.0 Å². The van der Waals surface area contributed by atoms with E-state index in [9.17, 15) is 21.6 Å². The highest BCUT2D eigenvalue weighted by molar-refractivity contribution is 14.0. The maximum Gasteiger partial charge on any atom is 0.511 e. The summed E-state index contributed by atoms with van der Waals surface area (Å²) in [7, 11) is -3.64. The topological polar surface area (TPSA) is 73.8 Å². The molecular weight excluding hydrogens is 544 g/mol. The van der Waals surface area contributed by atoms with Crippen LogP contribution in [0.5, 0.6) is 0 Å². The average Bonchev–Trinajstić information content (AvgIpc) is 2.71. The third-order valence-electron chi connectivity index (χ3n) is 5.73. The van der Waals surface area contributed by atoms with Gasteiger partial charge in [0.25, 0.3) is 0 Å². The zero-order valence-electron chi connectivity index (χ0n) is 18.3. The van der Waals surface area contributed by atoms with Crippen LogP contribution in [0.15, 0.2) is 29.3 Å². The third-order valence-corrected chi connectivity index (χ3v) is 7.36. The van der Waals surface area contributed by atoms with Gasteiger partial charge in [0.15, 0.2) is 5.96 Å². The Hall–Kier alpha value is -1.08. The number of hydrogen-bond acceptors (Lipinski definition) is 3. The molecule has 31 heavy (non-hydrogen) atoms. The Morgan fingerprint density at radius 1 is 1.16 bits per heavy atom. The fraction of sp³-hybridized carbons (Fsp3) is 0.650. The van der Waals surface area contributed by atoms with E-state index >= 15 is 0 Å². The second-order valence-corrected chi connectivity index (χ2v) is 10.1. The first-order valence-electron chi connectivity index (χ1n) is 10.0. The molecule has 6 nitrogen and oxygen atoms in total. The second-order valence-electron chi connectivity index (χ2n) is 8.13. The van der Waals surface area contributed by atoms with Crippen molar-refractivity contribution in [3.8, 4) is 0 Å². The Kier molecular flexibility index (Phi) is 10.1. The van der Waals surface area contributed by atoms with Crippen molar-refractivity contribution in [3.05, 3.63) is 35.4 Å². The van der Waals surface area contributed by atoms with E-state index in [4.69, 9.17) is 0 Å². The molecule has 1 aromatic carbocycles. The van der Waals surface area contributed by atoms with Crippen molar-refractivity contribution in [2.45, 2.75) is 63.5 Å². The number of alkyl halides is 3.